The summed E-state index contributed by atoms with van der Waals surface area (Å²) in [6.07, 6.45) is 4.41. The maximum absolute atomic E-state index is 12.5. The van der Waals surface area contributed by atoms with Crippen molar-refractivity contribution >= 4 is 21.4 Å². The zero-order valence-electron chi connectivity index (χ0n) is 15.2. The number of carbonyl (C=O) groups excluding carboxylic acids is 1. The van der Waals surface area contributed by atoms with E-state index >= 15 is 0 Å². The van der Waals surface area contributed by atoms with E-state index in [0.717, 1.165) is 30.4 Å². The van der Waals surface area contributed by atoms with Crippen LogP contribution in [0.15, 0.2) is 53.4 Å². The molecule has 1 amide bonds. The number of sulfone groups is 1. The first-order valence-corrected chi connectivity index (χ1v) is 10.7. The molecule has 1 aliphatic carbocycles. The van der Waals surface area contributed by atoms with Crippen LogP contribution in [-0.4, -0.2) is 34.2 Å². The molecule has 2 aromatic rings. The Morgan fingerprint density at radius 1 is 1.15 bits per heavy atom. The SMILES string of the molecule is C[NH+](CC(=O)Nc1ccccc1S(C)(=O)=O)[C@@H]1CCCc2ccccc21. The molecule has 0 fully saturated rings. The summed E-state index contributed by atoms with van der Waals surface area (Å²) < 4.78 is 23.8. The van der Waals surface area contributed by atoms with E-state index in [-0.39, 0.29) is 23.4 Å². The van der Waals surface area contributed by atoms with Crippen molar-refractivity contribution in [3.63, 3.8) is 0 Å². The van der Waals surface area contributed by atoms with Crippen molar-refractivity contribution in [1.82, 2.24) is 0 Å². The number of rotatable bonds is 5. The summed E-state index contributed by atoms with van der Waals surface area (Å²) in [6, 6.07) is 15.2. The topological polar surface area (TPSA) is 67.7 Å². The van der Waals surface area contributed by atoms with Gasteiger partial charge < -0.3 is 10.2 Å². The lowest BCUT2D eigenvalue weighted by molar-refractivity contribution is -0.905. The van der Waals surface area contributed by atoms with Gasteiger partial charge in [-0.2, -0.15) is 0 Å². The summed E-state index contributed by atoms with van der Waals surface area (Å²) in [7, 11) is -1.37. The number of hydrogen-bond donors (Lipinski definition) is 2. The third-order valence-electron chi connectivity index (χ3n) is 4.96. The lowest BCUT2D eigenvalue weighted by Gasteiger charge is -2.30. The number of benzene rings is 2. The van der Waals surface area contributed by atoms with E-state index in [9.17, 15) is 13.2 Å². The minimum absolute atomic E-state index is 0.147. The van der Waals surface area contributed by atoms with E-state index in [1.807, 2.05) is 13.1 Å². The highest BCUT2D eigenvalue weighted by Crippen LogP contribution is 2.27. The van der Waals surface area contributed by atoms with Crippen LogP contribution in [0.4, 0.5) is 5.69 Å². The number of anilines is 1. The second kappa shape index (κ2) is 7.60. The van der Waals surface area contributed by atoms with Crippen molar-refractivity contribution in [3.05, 3.63) is 59.7 Å². The minimum atomic E-state index is -3.39. The van der Waals surface area contributed by atoms with E-state index in [1.165, 1.54) is 17.2 Å². The lowest BCUT2D eigenvalue weighted by Crippen LogP contribution is -3.10. The fourth-order valence-electron chi connectivity index (χ4n) is 3.73. The van der Waals surface area contributed by atoms with E-state index in [2.05, 4.69) is 23.5 Å². The zero-order valence-corrected chi connectivity index (χ0v) is 16.0. The second-order valence-corrected chi connectivity index (χ2v) is 8.97. The molecule has 0 aliphatic heterocycles. The van der Waals surface area contributed by atoms with Crippen LogP contribution >= 0.6 is 0 Å². The van der Waals surface area contributed by atoms with Crippen molar-refractivity contribution in [3.8, 4) is 0 Å². The van der Waals surface area contributed by atoms with Gasteiger partial charge in [-0.3, -0.25) is 4.79 Å². The predicted octanol–water partition coefficient (Wildman–Crippen LogP) is 1.62. The Labute approximate surface area is 154 Å². The molecular weight excluding hydrogens is 348 g/mol. The number of likely N-dealkylation sites (N-methyl/N-ethyl adjacent to an activating group) is 1. The second-order valence-electron chi connectivity index (χ2n) is 6.98. The van der Waals surface area contributed by atoms with Gasteiger partial charge in [-0.25, -0.2) is 8.42 Å². The summed E-state index contributed by atoms with van der Waals surface area (Å²) in [6.45, 7) is 0.289. The fourth-order valence-corrected chi connectivity index (χ4v) is 4.57. The van der Waals surface area contributed by atoms with Crippen molar-refractivity contribution in [2.45, 2.75) is 30.2 Å². The summed E-state index contributed by atoms with van der Waals surface area (Å²) in [5.41, 5.74) is 3.03. The van der Waals surface area contributed by atoms with Gasteiger partial charge in [-0.05, 0) is 30.5 Å². The molecule has 26 heavy (non-hydrogen) atoms. The summed E-state index contributed by atoms with van der Waals surface area (Å²) in [4.78, 5) is 13.8. The number of amides is 1. The van der Waals surface area contributed by atoms with Gasteiger partial charge in [0.05, 0.1) is 17.6 Å². The highest BCUT2D eigenvalue weighted by atomic mass is 32.2. The highest BCUT2D eigenvalue weighted by Gasteiger charge is 2.28. The van der Waals surface area contributed by atoms with E-state index in [1.54, 1.807) is 18.2 Å². The van der Waals surface area contributed by atoms with Gasteiger partial charge in [0.1, 0.15) is 6.04 Å². The Morgan fingerprint density at radius 3 is 2.62 bits per heavy atom. The molecule has 0 radical (unpaired) electrons. The van der Waals surface area contributed by atoms with Crippen molar-refractivity contribution in [2.75, 3.05) is 25.2 Å². The van der Waals surface area contributed by atoms with Gasteiger partial charge in [0, 0.05) is 18.2 Å². The van der Waals surface area contributed by atoms with Crippen molar-refractivity contribution in [2.24, 2.45) is 0 Å². The summed E-state index contributed by atoms with van der Waals surface area (Å²) >= 11 is 0. The molecule has 0 spiro atoms. The first-order valence-electron chi connectivity index (χ1n) is 8.85. The van der Waals surface area contributed by atoms with Gasteiger partial charge in [0.25, 0.3) is 5.91 Å². The quantitative estimate of drug-likeness (QED) is 0.837. The van der Waals surface area contributed by atoms with E-state index in [4.69, 9.17) is 0 Å². The molecular formula is C20H25N2O3S+. The monoisotopic (exact) mass is 373 g/mol. The highest BCUT2D eigenvalue weighted by molar-refractivity contribution is 7.90. The molecule has 0 saturated carbocycles. The molecule has 0 aromatic heterocycles. The number of aryl methyl sites for hydroxylation is 1. The largest absolute Gasteiger partial charge is 0.323 e. The number of hydrogen-bond acceptors (Lipinski definition) is 3. The lowest BCUT2D eigenvalue weighted by atomic mass is 9.87. The van der Waals surface area contributed by atoms with Gasteiger partial charge in [0.2, 0.25) is 0 Å². The molecule has 5 nitrogen and oxygen atoms in total. The number of nitrogens with one attached hydrogen (secondary N) is 2. The third kappa shape index (κ3) is 4.14. The Morgan fingerprint density at radius 2 is 1.85 bits per heavy atom. The maximum Gasteiger partial charge on any atom is 0.279 e. The molecule has 2 N–H and O–H groups in total. The summed E-state index contributed by atoms with van der Waals surface area (Å²) in [5.74, 6) is -0.179. The smallest absolute Gasteiger partial charge is 0.279 e. The minimum Gasteiger partial charge on any atom is -0.323 e. The molecule has 6 heteroatoms. The Hall–Kier alpha value is -2.18. The van der Waals surface area contributed by atoms with Crippen LogP contribution < -0.4 is 10.2 Å². The fraction of sp³-hybridized carbons (Fsp3) is 0.350. The Bertz CT molecular complexity index is 909. The number of para-hydroxylation sites is 1. The molecule has 0 bridgehead atoms. The molecule has 0 heterocycles. The van der Waals surface area contributed by atoms with Crippen LogP contribution in [0.2, 0.25) is 0 Å². The molecule has 2 atom stereocenters. The first kappa shape index (κ1) is 18.6. The van der Waals surface area contributed by atoms with Gasteiger partial charge in [-0.15, -0.1) is 0 Å². The average Bonchev–Trinajstić information content (AvgIpc) is 2.60. The van der Waals surface area contributed by atoms with Crippen molar-refractivity contribution < 1.29 is 18.1 Å². The molecule has 0 saturated heterocycles. The average molecular weight is 373 g/mol. The van der Waals surface area contributed by atoms with Gasteiger partial charge in [-0.1, -0.05) is 36.4 Å². The van der Waals surface area contributed by atoms with Crippen LogP contribution in [0.5, 0.6) is 0 Å². The van der Waals surface area contributed by atoms with Crippen LogP contribution in [0.3, 0.4) is 0 Å². The Kier molecular flexibility index (Phi) is 5.44. The predicted molar refractivity (Wildman–Crippen MR) is 102 cm³/mol. The maximum atomic E-state index is 12.5. The zero-order chi connectivity index (χ0) is 18.7. The van der Waals surface area contributed by atoms with Gasteiger partial charge >= 0.3 is 0 Å². The first-order chi connectivity index (χ1) is 12.4. The van der Waals surface area contributed by atoms with Gasteiger partial charge in [0.15, 0.2) is 16.4 Å². The molecule has 1 unspecified atom stereocenters. The number of carbonyl (C=O) groups is 1. The van der Waals surface area contributed by atoms with Crippen LogP contribution in [0.25, 0.3) is 0 Å². The van der Waals surface area contributed by atoms with Crippen LogP contribution in [0, 0.1) is 0 Å². The summed E-state index contributed by atoms with van der Waals surface area (Å²) in [5, 5.41) is 2.77. The Balaban J connectivity index is 1.72. The van der Waals surface area contributed by atoms with Crippen molar-refractivity contribution in [1.29, 1.82) is 0 Å². The van der Waals surface area contributed by atoms with Crippen LogP contribution in [-0.2, 0) is 21.1 Å². The molecule has 2 aromatic carbocycles. The standard InChI is InChI=1S/C20H24N2O3S/c1-22(18-12-7-9-15-8-3-4-10-16(15)18)14-20(23)21-17-11-5-6-13-19(17)26(2,24)25/h3-6,8,10-11,13,18H,7,9,12,14H2,1-2H3,(H,21,23)/p+1/t18-/m1/s1. The number of fused-ring (bicyclic) bond motifs is 1. The van der Waals surface area contributed by atoms with E-state index < -0.39 is 9.84 Å². The number of quaternary nitrogens is 1. The normalized spacial score (nSPS) is 18.0. The van der Waals surface area contributed by atoms with E-state index in [0.29, 0.717) is 5.69 Å². The molecule has 1 aliphatic rings. The molecule has 3 rings (SSSR count). The third-order valence-corrected chi connectivity index (χ3v) is 6.12. The van der Waals surface area contributed by atoms with Crippen LogP contribution in [0.1, 0.15) is 30.0 Å². The molecule has 138 valence electrons.